The molecule has 0 radical (unpaired) electrons. The first-order valence-corrected chi connectivity index (χ1v) is 5.25. The monoisotopic (exact) mass is 217 g/mol. The van der Waals surface area contributed by atoms with Crippen LogP contribution in [0.15, 0.2) is 53.1 Å². The van der Waals surface area contributed by atoms with Crippen LogP contribution in [-0.4, -0.2) is 18.7 Å². The molecule has 1 atom stereocenters. The molecule has 1 aromatic carbocycles. The van der Waals surface area contributed by atoms with Gasteiger partial charge in [0.1, 0.15) is 11.9 Å². The van der Waals surface area contributed by atoms with E-state index in [-0.39, 0.29) is 0 Å². The number of nitrogens with zero attached hydrogens (tertiary/aromatic N) is 1. The van der Waals surface area contributed by atoms with E-state index in [2.05, 4.69) is 0 Å². The molecule has 0 fully saturated rings. The molecule has 1 aromatic heterocycles. The lowest BCUT2D eigenvalue weighted by atomic mass is 10.2. The molecule has 1 N–H and O–H groups in total. The first-order valence-electron chi connectivity index (χ1n) is 5.25. The van der Waals surface area contributed by atoms with Crippen molar-refractivity contribution in [3.63, 3.8) is 0 Å². The lowest BCUT2D eigenvalue weighted by molar-refractivity contribution is 0.156. The van der Waals surface area contributed by atoms with Crippen LogP contribution in [0.25, 0.3) is 0 Å². The van der Waals surface area contributed by atoms with Gasteiger partial charge >= 0.3 is 0 Å². The molecule has 0 saturated heterocycles. The molecule has 0 aliphatic rings. The molecule has 3 heteroatoms. The van der Waals surface area contributed by atoms with Crippen LogP contribution in [-0.2, 0) is 0 Å². The Balaban J connectivity index is 2.00. The minimum absolute atomic E-state index is 0.511. The minimum atomic E-state index is -0.597. The van der Waals surface area contributed by atoms with Crippen molar-refractivity contribution in [1.29, 1.82) is 0 Å². The van der Waals surface area contributed by atoms with Gasteiger partial charge in [-0.25, -0.2) is 0 Å². The Hall–Kier alpha value is -1.74. The van der Waals surface area contributed by atoms with Gasteiger partial charge in [-0.2, -0.15) is 0 Å². The Morgan fingerprint density at radius 1 is 1.19 bits per heavy atom. The Morgan fingerprint density at radius 3 is 2.56 bits per heavy atom. The molecule has 0 spiro atoms. The average molecular weight is 217 g/mol. The summed E-state index contributed by atoms with van der Waals surface area (Å²) in [5, 5.41) is 9.91. The normalized spacial score (nSPS) is 12.4. The van der Waals surface area contributed by atoms with Crippen molar-refractivity contribution in [3.8, 4) is 0 Å². The van der Waals surface area contributed by atoms with E-state index in [1.165, 1.54) is 0 Å². The van der Waals surface area contributed by atoms with E-state index < -0.39 is 6.10 Å². The number of aliphatic hydroxyl groups excluding tert-OH is 1. The van der Waals surface area contributed by atoms with Gasteiger partial charge in [-0.3, -0.25) is 0 Å². The van der Waals surface area contributed by atoms with Crippen LogP contribution in [0.4, 0.5) is 5.69 Å². The molecule has 2 aromatic rings. The number of hydrogen-bond donors (Lipinski definition) is 1. The molecule has 16 heavy (non-hydrogen) atoms. The molecule has 0 aliphatic heterocycles. The number of hydrogen-bond acceptors (Lipinski definition) is 3. The summed E-state index contributed by atoms with van der Waals surface area (Å²) in [5.74, 6) is 0.600. The largest absolute Gasteiger partial charge is 0.467 e. The van der Waals surface area contributed by atoms with Crippen LogP contribution >= 0.6 is 0 Å². The van der Waals surface area contributed by atoms with E-state index in [4.69, 9.17) is 4.42 Å². The highest BCUT2D eigenvalue weighted by atomic mass is 16.4. The third kappa shape index (κ3) is 2.44. The fraction of sp³-hybridized carbons (Fsp3) is 0.231. The molecular weight excluding hydrogens is 202 g/mol. The second kappa shape index (κ2) is 4.86. The van der Waals surface area contributed by atoms with Crippen molar-refractivity contribution in [2.45, 2.75) is 6.10 Å². The topological polar surface area (TPSA) is 36.6 Å². The fourth-order valence-electron chi connectivity index (χ4n) is 1.62. The smallest absolute Gasteiger partial charge is 0.134 e. The van der Waals surface area contributed by atoms with E-state index >= 15 is 0 Å². The Morgan fingerprint density at radius 2 is 1.94 bits per heavy atom. The van der Waals surface area contributed by atoms with E-state index in [0.29, 0.717) is 12.3 Å². The average Bonchev–Trinajstić information content (AvgIpc) is 2.83. The summed E-state index contributed by atoms with van der Waals surface area (Å²) >= 11 is 0. The highest BCUT2D eigenvalue weighted by molar-refractivity contribution is 5.45. The first-order chi connectivity index (χ1) is 7.77. The van der Waals surface area contributed by atoms with Gasteiger partial charge in [0.15, 0.2) is 0 Å². The Labute approximate surface area is 94.9 Å². The molecule has 0 saturated carbocycles. The van der Waals surface area contributed by atoms with Crippen molar-refractivity contribution >= 4 is 5.69 Å². The van der Waals surface area contributed by atoms with Gasteiger partial charge in [0.05, 0.1) is 12.8 Å². The number of likely N-dealkylation sites (N-methyl/N-ethyl adjacent to an activating group) is 1. The van der Waals surface area contributed by atoms with E-state index in [0.717, 1.165) is 5.69 Å². The maximum Gasteiger partial charge on any atom is 0.134 e. The zero-order chi connectivity index (χ0) is 11.4. The van der Waals surface area contributed by atoms with Crippen molar-refractivity contribution in [2.24, 2.45) is 0 Å². The molecule has 0 amide bonds. The van der Waals surface area contributed by atoms with Gasteiger partial charge in [-0.05, 0) is 24.3 Å². The van der Waals surface area contributed by atoms with Crippen molar-refractivity contribution in [1.82, 2.24) is 0 Å². The Bertz CT molecular complexity index is 411. The SMILES string of the molecule is CN(CC(O)c1ccco1)c1ccccc1. The summed E-state index contributed by atoms with van der Waals surface area (Å²) in [4.78, 5) is 1.99. The van der Waals surface area contributed by atoms with Crippen molar-refractivity contribution < 1.29 is 9.52 Å². The second-order valence-corrected chi connectivity index (χ2v) is 3.75. The predicted molar refractivity (Wildman–Crippen MR) is 63.4 cm³/mol. The number of anilines is 1. The summed E-state index contributed by atoms with van der Waals surface area (Å²) in [6.45, 7) is 0.511. The Kier molecular flexibility index (Phi) is 3.27. The number of benzene rings is 1. The van der Waals surface area contributed by atoms with Gasteiger partial charge in [-0.15, -0.1) is 0 Å². The zero-order valence-corrected chi connectivity index (χ0v) is 9.21. The van der Waals surface area contributed by atoms with E-state index in [9.17, 15) is 5.11 Å². The molecular formula is C13H15NO2. The third-order valence-electron chi connectivity index (χ3n) is 2.52. The summed E-state index contributed by atoms with van der Waals surface area (Å²) in [7, 11) is 1.95. The minimum Gasteiger partial charge on any atom is -0.467 e. The second-order valence-electron chi connectivity index (χ2n) is 3.75. The molecule has 0 bridgehead atoms. The van der Waals surface area contributed by atoms with Crippen LogP contribution in [0.1, 0.15) is 11.9 Å². The third-order valence-corrected chi connectivity index (χ3v) is 2.52. The summed E-state index contributed by atoms with van der Waals surface area (Å²) in [6.07, 6.45) is 0.973. The molecule has 3 nitrogen and oxygen atoms in total. The van der Waals surface area contributed by atoms with Crippen LogP contribution in [0, 0.1) is 0 Å². The maximum atomic E-state index is 9.91. The van der Waals surface area contributed by atoms with Crippen LogP contribution < -0.4 is 4.90 Å². The molecule has 0 aliphatic carbocycles. The lowest BCUT2D eigenvalue weighted by Crippen LogP contribution is -2.23. The number of para-hydroxylation sites is 1. The zero-order valence-electron chi connectivity index (χ0n) is 9.21. The van der Waals surface area contributed by atoms with Gasteiger partial charge in [0.2, 0.25) is 0 Å². The standard InChI is InChI=1S/C13H15NO2/c1-14(11-6-3-2-4-7-11)10-12(15)13-8-5-9-16-13/h2-9,12,15H,10H2,1H3. The summed E-state index contributed by atoms with van der Waals surface area (Å²) in [6, 6.07) is 13.5. The molecule has 1 heterocycles. The van der Waals surface area contributed by atoms with E-state index in [1.54, 1.807) is 18.4 Å². The highest BCUT2D eigenvalue weighted by Crippen LogP contribution is 2.18. The maximum absolute atomic E-state index is 9.91. The van der Waals surface area contributed by atoms with Gasteiger partial charge in [0, 0.05) is 12.7 Å². The van der Waals surface area contributed by atoms with E-state index in [1.807, 2.05) is 42.3 Å². The summed E-state index contributed by atoms with van der Waals surface area (Å²) in [5.41, 5.74) is 1.08. The van der Waals surface area contributed by atoms with Gasteiger partial charge in [0.25, 0.3) is 0 Å². The quantitative estimate of drug-likeness (QED) is 0.854. The van der Waals surface area contributed by atoms with Crippen LogP contribution in [0.5, 0.6) is 0 Å². The van der Waals surface area contributed by atoms with Gasteiger partial charge in [-0.1, -0.05) is 18.2 Å². The molecule has 84 valence electrons. The fourth-order valence-corrected chi connectivity index (χ4v) is 1.62. The summed E-state index contributed by atoms with van der Waals surface area (Å²) < 4.78 is 5.16. The highest BCUT2D eigenvalue weighted by Gasteiger charge is 2.13. The molecule has 1 unspecified atom stereocenters. The van der Waals surface area contributed by atoms with Crippen LogP contribution in [0.2, 0.25) is 0 Å². The van der Waals surface area contributed by atoms with Gasteiger partial charge < -0.3 is 14.4 Å². The number of rotatable bonds is 4. The van der Waals surface area contributed by atoms with Crippen LogP contribution in [0.3, 0.4) is 0 Å². The number of furan rings is 1. The lowest BCUT2D eigenvalue weighted by Gasteiger charge is -2.21. The van der Waals surface area contributed by atoms with Crippen molar-refractivity contribution in [2.75, 3.05) is 18.5 Å². The number of aliphatic hydroxyl groups is 1. The predicted octanol–water partition coefficient (Wildman–Crippen LogP) is 2.45. The first kappa shape index (κ1) is 10.8. The molecule has 2 rings (SSSR count). The van der Waals surface area contributed by atoms with Crippen molar-refractivity contribution in [3.05, 3.63) is 54.5 Å².